The van der Waals surface area contributed by atoms with Gasteiger partial charge >= 0.3 is 0 Å². The Balaban J connectivity index is 2.36. The smallest absolute Gasteiger partial charge is 0.122 e. The zero-order valence-corrected chi connectivity index (χ0v) is 11.2. The van der Waals surface area contributed by atoms with Gasteiger partial charge in [0.25, 0.3) is 0 Å². The molecule has 0 N–H and O–H groups in total. The van der Waals surface area contributed by atoms with E-state index in [1.54, 1.807) is 14.2 Å². The van der Waals surface area contributed by atoms with Crippen molar-refractivity contribution in [1.82, 2.24) is 4.98 Å². The van der Waals surface area contributed by atoms with Gasteiger partial charge in [0, 0.05) is 16.3 Å². The van der Waals surface area contributed by atoms with Crippen molar-refractivity contribution in [3.05, 3.63) is 42.0 Å². The molecule has 3 nitrogen and oxygen atoms in total. The molecular weight excluding hydrogens is 238 g/mol. The molecule has 0 amide bonds. The molecule has 0 aliphatic heterocycles. The normalized spacial score (nSPS) is 10.9. The Bertz CT molecular complexity index is 765. The van der Waals surface area contributed by atoms with Crippen LogP contribution in [0.4, 0.5) is 0 Å². The average molecular weight is 253 g/mol. The first-order valence-corrected chi connectivity index (χ1v) is 6.15. The van der Waals surface area contributed by atoms with Gasteiger partial charge in [0.15, 0.2) is 0 Å². The number of pyridine rings is 1. The van der Waals surface area contributed by atoms with Crippen molar-refractivity contribution in [2.75, 3.05) is 14.2 Å². The maximum atomic E-state index is 5.36. The lowest BCUT2D eigenvalue weighted by atomic mass is 10.1. The highest BCUT2D eigenvalue weighted by Crippen LogP contribution is 2.29. The topological polar surface area (TPSA) is 31.4 Å². The molecule has 0 radical (unpaired) electrons. The van der Waals surface area contributed by atoms with Crippen LogP contribution in [-0.2, 0) is 0 Å². The van der Waals surface area contributed by atoms with Gasteiger partial charge in [-0.2, -0.15) is 0 Å². The van der Waals surface area contributed by atoms with Crippen LogP contribution in [0.1, 0.15) is 5.56 Å². The summed E-state index contributed by atoms with van der Waals surface area (Å²) in [5.41, 5.74) is 3.06. The molecular formula is C16H15NO2. The van der Waals surface area contributed by atoms with Crippen LogP contribution in [0.15, 0.2) is 36.4 Å². The number of ether oxygens (including phenoxy) is 2. The lowest BCUT2D eigenvalue weighted by Gasteiger charge is -2.09. The first-order chi connectivity index (χ1) is 9.22. The number of aromatic nitrogens is 1. The molecule has 0 spiro atoms. The summed E-state index contributed by atoms with van der Waals surface area (Å²) in [5, 5.41) is 2.18. The van der Waals surface area contributed by atoms with E-state index in [0.29, 0.717) is 0 Å². The van der Waals surface area contributed by atoms with Gasteiger partial charge in [-0.15, -0.1) is 0 Å². The van der Waals surface area contributed by atoms with Crippen molar-refractivity contribution < 1.29 is 9.47 Å². The van der Waals surface area contributed by atoms with E-state index in [2.05, 4.69) is 18.0 Å². The minimum absolute atomic E-state index is 0.842. The number of rotatable bonds is 2. The van der Waals surface area contributed by atoms with Crippen LogP contribution in [0.3, 0.4) is 0 Å². The molecule has 3 rings (SSSR count). The minimum Gasteiger partial charge on any atom is -0.497 e. The minimum atomic E-state index is 0.842. The largest absolute Gasteiger partial charge is 0.497 e. The zero-order valence-electron chi connectivity index (χ0n) is 11.2. The van der Waals surface area contributed by atoms with Gasteiger partial charge in [-0.1, -0.05) is 0 Å². The van der Waals surface area contributed by atoms with Crippen molar-refractivity contribution in [2.45, 2.75) is 6.92 Å². The van der Waals surface area contributed by atoms with Crippen molar-refractivity contribution in [1.29, 1.82) is 0 Å². The number of nitrogens with zero attached hydrogens (tertiary/aromatic N) is 1. The molecule has 0 fully saturated rings. The predicted octanol–water partition coefficient (Wildman–Crippen LogP) is 3.71. The second kappa shape index (κ2) is 4.43. The molecule has 0 unspecified atom stereocenters. The standard InChI is InChI=1S/C16H15NO2/c1-10-13-9-11-8-12(18-2)4-5-14(11)17-15(13)6-7-16(10)19-3/h4-9H,1-3H3. The van der Waals surface area contributed by atoms with Crippen LogP contribution in [-0.4, -0.2) is 19.2 Å². The summed E-state index contributed by atoms with van der Waals surface area (Å²) in [7, 11) is 3.36. The van der Waals surface area contributed by atoms with Gasteiger partial charge in [-0.05, 0) is 43.3 Å². The number of aryl methyl sites for hydroxylation is 1. The molecule has 0 atom stereocenters. The summed E-state index contributed by atoms with van der Waals surface area (Å²) >= 11 is 0. The monoisotopic (exact) mass is 253 g/mol. The van der Waals surface area contributed by atoms with Gasteiger partial charge in [0.2, 0.25) is 0 Å². The second-order valence-electron chi connectivity index (χ2n) is 4.51. The Morgan fingerprint density at radius 3 is 2.42 bits per heavy atom. The van der Waals surface area contributed by atoms with Crippen LogP contribution < -0.4 is 9.47 Å². The third-order valence-electron chi connectivity index (χ3n) is 3.44. The van der Waals surface area contributed by atoms with Crippen molar-refractivity contribution >= 4 is 21.8 Å². The molecule has 19 heavy (non-hydrogen) atoms. The molecule has 0 saturated heterocycles. The van der Waals surface area contributed by atoms with Crippen LogP contribution in [0, 0.1) is 6.92 Å². The number of hydrogen-bond acceptors (Lipinski definition) is 3. The number of benzene rings is 2. The molecule has 1 aromatic heterocycles. The zero-order chi connectivity index (χ0) is 13.4. The Hall–Kier alpha value is -2.29. The maximum Gasteiger partial charge on any atom is 0.122 e. The van der Waals surface area contributed by atoms with E-state index in [4.69, 9.17) is 9.47 Å². The first kappa shape index (κ1) is 11.8. The van der Waals surface area contributed by atoms with E-state index >= 15 is 0 Å². The first-order valence-electron chi connectivity index (χ1n) is 6.15. The molecule has 0 saturated carbocycles. The fraction of sp³-hybridized carbons (Fsp3) is 0.188. The second-order valence-corrected chi connectivity index (χ2v) is 4.51. The molecule has 1 heterocycles. The van der Waals surface area contributed by atoms with Gasteiger partial charge in [0.05, 0.1) is 25.3 Å². The van der Waals surface area contributed by atoms with Crippen molar-refractivity contribution in [3.8, 4) is 11.5 Å². The number of fused-ring (bicyclic) bond motifs is 2. The Labute approximate surface area is 111 Å². The third-order valence-corrected chi connectivity index (χ3v) is 3.44. The van der Waals surface area contributed by atoms with E-state index < -0.39 is 0 Å². The SMILES string of the molecule is COc1ccc2nc3ccc(OC)c(C)c3cc2c1. The van der Waals surface area contributed by atoms with Gasteiger partial charge < -0.3 is 9.47 Å². The fourth-order valence-electron chi connectivity index (χ4n) is 2.36. The highest BCUT2D eigenvalue weighted by atomic mass is 16.5. The fourth-order valence-corrected chi connectivity index (χ4v) is 2.36. The summed E-state index contributed by atoms with van der Waals surface area (Å²) < 4.78 is 10.6. The lowest BCUT2D eigenvalue weighted by Crippen LogP contribution is -1.91. The van der Waals surface area contributed by atoms with Crippen molar-refractivity contribution in [3.63, 3.8) is 0 Å². The van der Waals surface area contributed by atoms with Crippen LogP contribution in [0.25, 0.3) is 21.8 Å². The van der Waals surface area contributed by atoms with Crippen LogP contribution in [0.5, 0.6) is 11.5 Å². The van der Waals surface area contributed by atoms with Crippen LogP contribution >= 0.6 is 0 Å². The average Bonchev–Trinajstić information content (AvgIpc) is 2.45. The van der Waals surface area contributed by atoms with E-state index in [0.717, 1.165) is 38.9 Å². The summed E-state index contributed by atoms with van der Waals surface area (Å²) in [4.78, 5) is 4.68. The molecule has 0 bridgehead atoms. The number of methoxy groups -OCH3 is 2. The van der Waals surface area contributed by atoms with Gasteiger partial charge in [0.1, 0.15) is 11.5 Å². The van der Waals surface area contributed by atoms with Crippen molar-refractivity contribution in [2.24, 2.45) is 0 Å². The van der Waals surface area contributed by atoms with E-state index in [9.17, 15) is 0 Å². The third kappa shape index (κ3) is 1.87. The molecule has 2 aromatic carbocycles. The molecule has 96 valence electrons. The number of hydrogen-bond donors (Lipinski definition) is 0. The van der Waals surface area contributed by atoms with E-state index in [-0.39, 0.29) is 0 Å². The van der Waals surface area contributed by atoms with E-state index in [1.807, 2.05) is 30.3 Å². The highest BCUT2D eigenvalue weighted by Gasteiger charge is 2.07. The molecule has 3 aromatic rings. The lowest BCUT2D eigenvalue weighted by molar-refractivity contribution is 0.412. The molecule has 0 aliphatic rings. The molecule has 3 heteroatoms. The Morgan fingerprint density at radius 1 is 0.895 bits per heavy atom. The highest BCUT2D eigenvalue weighted by molar-refractivity contribution is 5.95. The summed E-state index contributed by atoms with van der Waals surface area (Å²) in [5.74, 6) is 1.73. The van der Waals surface area contributed by atoms with E-state index in [1.165, 1.54) is 0 Å². The van der Waals surface area contributed by atoms with Gasteiger partial charge in [-0.25, -0.2) is 4.98 Å². The Morgan fingerprint density at radius 2 is 1.68 bits per heavy atom. The Kier molecular flexibility index (Phi) is 2.75. The van der Waals surface area contributed by atoms with Gasteiger partial charge in [-0.3, -0.25) is 0 Å². The summed E-state index contributed by atoms with van der Waals surface area (Å²) in [6.45, 7) is 2.05. The predicted molar refractivity (Wildman–Crippen MR) is 77.1 cm³/mol. The van der Waals surface area contributed by atoms with Crippen LogP contribution in [0.2, 0.25) is 0 Å². The summed E-state index contributed by atoms with van der Waals surface area (Å²) in [6, 6.07) is 12.0. The molecule has 0 aliphatic carbocycles. The maximum absolute atomic E-state index is 5.36. The summed E-state index contributed by atoms with van der Waals surface area (Å²) in [6.07, 6.45) is 0. The quantitative estimate of drug-likeness (QED) is 0.652.